The molecule has 140 valence electrons. The first-order valence-corrected chi connectivity index (χ1v) is 8.31. The summed E-state index contributed by atoms with van der Waals surface area (Å²) in [4.78, 5) is 12.5. The van der Waals surface area contributed by atoms with E-state index in [1.54, 1.807) is 40.4 Å². The van der Waals surface area contributed by atoms with E-state index in [4.69, 9.17) is 18.9 Å². The first-order chi connectivity index (χ1) is 12.5. The maximum absolute atomic E-state index is 12.5. The van der Waals surface area contributed by atoms with Crippen LogP contribution < -0.4 is 24.3 Å². The smallest absolute Gasteiger partial charge is 0.261 e. The molecule has 0 fully saturated rings. The summed E-state index contributed by atoms with van der Waals surface area (Å²) < 4.78 is 21.5. The molecule has 2 aromatic carbocycles. The highest BCUT2D eigenvalue weighted by atomic mass is 16.5. The van der Waals surface area contributed by atoms with Crippen molar-refractivity contribution < 1.29 is 23.7 Å². The van der Waals surface area contributed by atoms with Crippen LogP contribution in [0.15, 0.2) is 42.5 Å². The minimum absolute atomic E-state index is 0.231. The van der Waals surface area contributed by atoms with Crippen LogP contribution in [0.3, 0.4) is 0 Å². The fraction of sp³-hybridized carbons (Fsp3) is 0.350. The van der Waals surface area contributed by atoms with Gasteiger partial charge in [0.15, 0.2) is 6.10 Å². The Morgan fingerprint density at radius 3 is 2.19 bits per heavy atom. The molecule has 1 N–H and O–H groups in total. The number of amides is 1. The van der Waals surface area contributed by atoms with Gasteiger partial charge < -0.3 is 24.3 Å². The van der Waals surface area contributed by atoms with Crippen molar-refractivity contribution in [2.45, 2.75) is 26.0 Å². The minimum atomic E-state index is -0.666. The van der Waals surface area contributed by atoms with Crippen LogP contribution >= 0.6 is 0 Å². The SMILES string of the molecule is COc1cccc(O[C@H](C)C(=O)N[C@H](C)c2cc(OC)ccc2OC)c1. The molecule has 0 spiro atoms. The van der Waals surface area contributed by atoms with Crippen molar-refractivity contribution in [3.63, 3.8) is 0 Å². The predicted molar refractivity (Wildman–Crippen MR) is 99.2 cm³/mol. The molecule has 0 heterocycles. The van der Waals surface area contributed by atoms with Gasteiger partial charge in [0, 0.05) is 11.6 Å². The van der Waals surface area contributed by atoms with Crippen LogP contribution in [0.2, 0.25) is 0 Å². The zero-order chi connectivity index (χ0) is 19.1. The Bertz CT molecular complexity index is 747. The molecule has 0 saturated heterocycles. The topological polar surface area (TPSA) is 66.0 Å². The van der Waals surface area contributed by atoms with Crippen molar-refractivity contribution in [2.24, 2.45) is 0 Å². The molecule has 6 nitrogen and oxygen atoms in total. The number of hydrogen-bond acceptors (Lipinski definition) is 5. The number of ether oxygens (including phenoxy) is 4. The lowest BCUT2D eigenvalue weighted by Gasteiger charge is -2.21. The van der Waals surface area contributed by atoms with Gasteiger partial charge in [0.1, 0.15) is 23.0 Å². The summed E-state index contributed by atoms with van der Waals surface area (Å²) in [5.41, 5.74) is 0.828. The Labute approximate surface area is 154 Å². The third-order valence-electron chi connectivity index (χ3n) is 3.99. The Hall–Kier alpha value is -2.89. The van der Waals surface area contributed by atoms with Crippen molar-refractivity contribution in [1.29, 1.82) is 0 Å². The van der Waals surface area contributed by atoms with Gasteiger partial charge in [0.05, 0.1) is 27.4 Å². The predicted octanol–water partition coefficient (Wildman–Crippen LogP) is 3.36. The summed E-state index contributed by atoms with van der Waals surface area (Å²) in [6.07, 6.45) is -0.666. The number of hydrogen-bond donors (Lipinski definition) is 1. The number of benzene rings is 2. The molecule has 2 atom stereocenters. The number of carbonyl (C=O) groups is 1. The largest absolute Gasteiger partial charge is 0.497 e. The second-order valence-corrected chi connectivity index (χ2v) is 5.78. The second kappa shape index (κ2) is 8.99. The first-order valence-electron chi connectivity index (χ1n) is 8.31. The number of carbonyl (C=O) groups excluding carboxylic acids is 1. The van der Waals surface area contributed by atoms with Gasteiger partial charge in [-0.05, 0) is 44.2 Å². The van der Waals surface area contributed by atoms with Crippen molar-refractivity contribution >= 4 is 5.91 Å². The molecule has 1 amide bonds. The fourth-order valence-corrected chi connectivity index (χ4v) is 2.52. The van der Waals surface area contributed by atoms with Crippen LogP contribution in [-0.4, -0.2) is 33.3 Å². The van der Waals surface area contributed by atoms with Gasteiger partial charge in [-0.15, -0.1) is 0 Å². The quantitative estimate of drug-likeness (QED) is 0.783. The highest BCUT2D eigenvalue weighted by Crippen LogP contribution is 2.29. The summed E-state index contributed by atoms with van der Waals surface area (Å²) in [6, 6.07) is 12.3. The third kappa shape index (κ3) is 4.81. The molecular formula is C20H25NO5. The highest BCUT2D eigenvalue weighted by Gasteiger charge is 2.20. The average molecular weight is 359 g/mol. The molecule has 0 unspecified atom stereocenters. The average Bonchev–Trinajstić information content (AvgIpc) is 2.67. The molecule has 26 heavy (non-hydrogen) atoms. The van der Waals surface area contributed by atoms with Crippen molar-refractivity contribution in [2.75, 3.05) is 21.3 Å². The number of rotatable bonds is 8. The molecule has 0 aliphatic heterocycles. The molecule has 0 radical (unpaired) electrons. The Balaban J connectivity index is 2.06. The van der Waals surface area contributed by atoms with E-state index in [-0.39, 0.29) is 11.9 Å². The minimum Gasteiger partial charge on any atom is -0.497 e. The summed E-state index contributed by atoms with van der Waals surface area (Å²) in [7, 11) is 4.77. The van der Waals surface area contributed by atoms with Crippen LogP contribution in [0.1, 0.15) is 25.5 Å². The Morgan fingerprint density at radius 2 is 1.54 bits per heavy atom. The van der Waals surface area contributed by atoms with Gasteiger partial charge in [-0.3, -0.25) is 4.79 Å². The fourth-order valence-electron chi connectivity index (χ4n) is 2.52. The molecular weight excluding hydrogens is 334 g/mol. The monoisotopic (exact) mass is 359 g/mol. The Morgan fingerprint density at radius 1 is 0.885 bits per heavy atom. The molecule has 0 aliphatic carbocycles. The number of nitrogens with one attached hydrogen (secondary N) is 1. The van der Waals surface area contributed by atoms with Crippen molar-refractivity contribution in [3.05, 3.63) is 48.0 Å². The van der Waals surface area contributed by atoms with Gasteiger partial charge in [-0.1, -0.05) is 6.07 Å². The van der Waals surface area contributed by atoms with Crippen LogP contribution in [0.4, 0.5) is 0 Å². The summed E-state index contributed by atoms with van der Waals surface area (Å²) >= 11 is 0. The van der Waals surface area contributed by atoms with Gasteiger partial charge in [-0.25, -0.2) is 0 Å². The Kier molecular flexibility index (Phi) is 6.72. The first kappa shape index (κ1) is 19.4. The molecule has 0 aromatic heterocycles. The van der Waals surface area contributed by atoms with E-state index in [0.29, 0.717) is 23.0 Å². The van der Waals surface area contributed by atoms with E-state index >= 15 is 0 Å². The molecule has 6 heteroatoms. The van der Waals surface area contributed by atoms with Gasteiger partial charge in [0.25, 0.3) is 5.91 Å². The molecule has 0 bridgehead atoms. The molecule has 2 aromatic rings. The molecule has 0 saturated carbocycles. The maximum atomic E-state index is 12.5. The zero-order valence-corrected chi connectivity index (χ0v) is 15.7. The second-order valence-electron chi connectivity index (χ2n) is 5.78. The van der Waals surface area contributed by atoms with E-state index in [9.17, 15) is 4.79 Å². The van der Waals surface area contributed by atoms with Crippen molar-refractivity contribution in [3.8, 4) is 23.0 Å². The van der Waals surface area contributed by atoms with Gasteiger partial charge in [-0.2, -0.15) is 0 Å². The van der Waals surface area contributed by atoms with Crippen LogP contribution in [-0.2, 0) is 4.79 Å². The highest BCUT2D eigenvalue weighted by molar-refractivity contribution is 5.81. The summed E-state index contributed by atoms with van der Waals surface area (Å²) in [5.74, 6) is 2.39. The van der Waals surface area contributed by atoms with E-state index in [2.05, 4.69) is 5.32 Å². The van der Waals surface area contributed by atoms with Crippen LogP contribution in [0.25, 0.3) is 0 Å². The van der Waals surface area contributed by atoms with E-state index in [1.165, 1.54) is 0 Å². The normalized spacial score (nSPS) is 12.7. The van der Waals surface area contributed by atoms with E-state index in [0.717, 1.165) is 5.56 Å². The molecule has 0 aliphatic rings. The zero-order valence-electron chi connectivity index (χ0n) is 15.7. The van der Waals surface area contributed by atoms with E-state index < -0.39 is 6.10 Å². The maximum Gasteiger partial charge on any atom is 0.261 e. The lowest BCUT2D eigenvalue weighted by atomic mass is 10.1. The van der Waals surface area contributed by atoms with Gasteiger partial charge in [0.2, 0.25) is 0 Å². The summed E-state index contributed by atoms with van der Waals surface area (Å²) in [5, 5.41) is 2.94. The standard InChI is InChI=1S/C20H25NO5/c1-13(18-12-16(24-4)9-10-19(18)25-5)21-20(22)14(2)26-17-8-6-7-15(11-17)23-3/h6-14H,1-5H3,(H,21,22)/t13-,14-/m1/s1. The summed E-state index contributed by atoms with van der Waals surface area (Å²) in [6.45, 7) is 3.58. The number of methoxy groups -OCH3 is 3. The van der Waals surface area contributed by atoms with E-state index in [1.807, 2.05) is 37.3 Å². The lowest BCUT2D eigenvalue weighted by Crippen LogP contribution is -2.37. The van der Waals surface area contributed by atoms with Crippen LogP contribution in [0, 0.1) is 0 Å². The van der Waals surface area contributed by atoms with Crippen molar-refractivity contribution in [1.82, 2.24) is 5.32 Å². The van der Waals surface area contributed by atoms with Crippen LogP contribution in [0.5, 0.6) is 23.0 Å². The third-order valence-corrected chi connectivity index (χ3v) is 3.99. The lowest BCUT2D eigenvalue weighted by molar-refractivity contribution is -0.127. The molecule has 2 rings (SSSR count). The van der Waals surface area contributed by atoms with Gasteiger partial charge >= 0.3 is 0 Å².